The predicted molar refractivity (Wildman–Crippen MR) is 131 cm³/mol. The van der Waals surface area contributed by atoms with Gasteiger partial charge in [0.2, 0.25) is 11.9 Å². The van der Waals surface area contributed by atoms with Crippen LogP contribution in [0.5, 0.6) is 0 Å². The molecule has 0 bridgehead atoms. The lowest BCUT2D eigenvalue weighted by Gasteiger charge is -2.21. The van der Waals surface area contributed by atoms with Crippen molar-refractivity contribution < 1.29 is 15.3 Å². The number of hydrogen-bond donors (Lipinski definition) is 5. The van der Waals surface area contributed by atoms with Gasteiger partial charge in [0, 0.05) is 24.5 Å². The highest BCUT2D eigenvalue weighted by atomic mass is 16.3. The van der Waals surface area contributed by atoms with Crippen molar-refractivity contribution in [3.8, 4) is 0 Å². The summed E-state index contributed by atoms with van der Waals surface area (Å²) in [6.45, 7) is 16.8. The van der Waals surface area contributed by atoms with Crippen LogP contribution < -0.4 is 10.6 Å². The molecule has 2 rings (SSSR count). The Morgan fingerprint density at radius 2 is 1.94 bits per heavy atom. The van der Waals surface area contributed by atoms with Gasteiger partial charge in [0.15, 0.2) is 5.65 Å². The van der Waals surface area contributed by atoms with Crippen molar-refractivity contribution in [2.75, 3.05) is 30.4 Å². The highest BCUT2D eigenvalue weighted by molar-refractivity contribution is 5.85. The predicted octanol–water partition coefficient (Wildman–Crippen LogP) is 1.66. The van der Waals surface area contributed by atoms with Gasteiger partial charge < -0.3 is 26.0 Å². The Hall–Kier alpha value is -3.60. The van der Waals surface area contributed by atoms with E-state index in [1.165, 1.54) is 6.20 Å². The largest absolute Gasteiger partial charge is 0.394 e. The lowest BCUT2D eigenvalue weighted by atomic mass is 10.1. The number of anilines is 2. The molecular weight excluding hydrogens is 422 g/mol. The van der Waals surface area contributed by atoms with Crippen molar-refractivity contribution in [1.29, 1.82) is 0 Å². The van der Waals surface area contributed by atoms with Crippen molar-refractivity contribution in [2.24, 2.45) is 4.99 Å². The first kappa shape index (κ1) is 25.7. The summed E-state index contributed by atoms with van der Waals surface area (Å²) in [5.74, 6) is 0.576. The highest BCUT2D eigenvalue weighted by Gasteiger charge is 2.20. The van der Waals surface area contributed by atoms with Gasteiger partial charge in [-0.25, -0.2) is 0 Å². The molecule has 2 unspecified atom stereocenters. The Kier molecular flexibility index (Phi) is 9.67. The molecule has 2 heterocycles. The van der Waals surface area contributed by atoms with Gasteiger partial charge in [-0.1, -0.05) is 45.4 Å². The number of aliphatic hydroxyl groups excluding tert-OH is 3. The van der Waals surface area contributed by atoms with Crippen molar-refractivity contribution in [2.45, 2.75) is 25.5 Å². The molecule has 2 aromatic rings. The van der Waals surface area contributed by atoms with E-state index in [4.69, 9.17) is 0 Å². The maximum atomic E-state index is 9.88. The standard InChI is InChI=1S/C23H31N7O3/c1-6-18-12-26-30-21(18)28-22(27-19(13-31)20(33)14-32)29-23(30)25-10-15(3)8-9-16(4)17(5)11-24-7-2/h7-9,11-12,19-20,31-33H,2-6,10,13-14H2,1H3,(H2,25,27,28,29). The van der Waals surface area contributed by atoms with E-state index in [1.807, 2.05) is 6.92 Å². The van der Waals surface area contributed by atoms with Crippen molar-refractivity contribution >= 4 is 23.8 Å². The van der Waals surface area contributed by atoms with Gasteiger partial charge in [-0.05, 0) is 23.1 Å². The SMILES string of the molecule is C=CN=CC(=C)C(=C)C=CC(=C)CNc1nc(NC(CO)C(O)CO)nc2c(CC)cnn12. The van der Waals surface area contributed by atoms with Gasteiger partial charge >= 0.3 is 0 Å². The number of aliphatic imine (C=N–C) groups is 1. The minimum atomic E-state index is -1.17. The monoisotopic (exact) mass is 453 g/mol. The molecule has 0 radical (unpaired) electrons. The van der Waals surface area contributed by atoms with E-state index in [1.54, 1.807) is 29.1 Å². The summed E-state index contributed by atoms with van der Waals surface area (Å²) < 4.78 is 1.57. The zero-order valence-corrected chi connectivity index (χ0v) is 18.8. The number of aromatic nitrogens is 4. The van der Waals surface area contributed by atoms with Gasteiger partial charge in [-0.3, -0.25) is 4.99 Å². The number of hydrogen-bond acceptors (Lipinski definition) is 9. The van der Waals surface area contributed by atoms with Crippen LogP contribution in [-0.4, -0.2) is 73.0 Å². The summed E-state index contributed by atoms with van der Waals surface area (Å²) in [6, 6.07) is -0.833. The third-order valence-electron chi connectivity index (χ3n) is 4.73. The fraction of sp³-hybridized carbons (Fsp3) is 0.304. The van der Waals surface area contributed by atoms with Crippen molar-refractivity contribution in [3.05, 3.63) is 73.1 Å². The summed E-state index contributed by atoms with van der Waals surface area (Å²) in [7, 11) is 0. The highest BCUT2D eigenvalue weighted by Crippen LogP contribution is 2.17. The van der Waals surface area contributed by atoms with Crippen molar-refractivity contribution in [1.82, 2.24) is 19.6 Å². The van der Waals surface area contributed by atoms with Crippen LogP contribution in [0.4, 0.5) is 11.9 Å². The third-order valence-corrected chi connectivity index (χ3v) is 4.73. The molecule has 176 valence electrons. The molecule has 0 saturated heterocycles. The summed E-state index contributed by atoms with van der Waals surface area (Å²) in [4.78, 5) is 12.8. The second-order valence-corrected chi connectivity index (χ2v) is 7.17. The molecular formula is C23H31N7O3. The van der Waals surface area contributed by atoms with Crippen LogP contribution in [-0.2, 0) is 6.42 Å². The fourth-order valence-corrected chi connectivity index (χ4v) is 2.71. The molecule has 33 heavy (non-hydrogen) atoms. The Morgan fingerprint density at radius 1 is 1.18 bits per heavy atom. The lowest BCUT2D eigenvalue weighted by Crippen LogP contribution is -2.39. The second kappa shape index (κ2) is 12.4. The van der Waals surface area contributed by atoms with E-state index in [0.717, 1.165) is 11.1 Å². The van der Waals surface area contributed by atoms with Gasteiger partial charge in [0.1, 0.15) is 0 Å². The number of nitrogens with one attached hydrogen (secondary N) is 2. The normalized spacial score (nSPS) is 13.3. The zero-order valence-electron chi connectivity index (χ0n) is 18.8. The molecule has 0 aliphatic heterocycles. The van der Waals surface area contributed by atoms with Crippen LogP contribution in [0.1, 0.15) is 12.5 Å². The van der Waals surface area contributed by atoms with Crippen molar-refractivity contribution in [3.63, 3.8) is 0 Å². The van der Waals surface area contributed by atoms with E-state index < -0.39 is 25.4 Å². The van der Waals surface area contributed by atoms with Gasteiger partial charge in [0.05, 0.1) is 31.6 Å². The Balaban J connectivity index is 2.20. The summed E-state index contributed by atoms with van der Waals surface area (Å²) in [5.41, 5.74) is 3.58. The first-order chi connectivity index (χ1) is 15.8. The number of aryl methyl sites for hydroxylation is 1. The average Bonchev–Trinajstić information content (AvgIpc) is 3.25. The number of fused-ring (bicyclic) bond motifs is 1. The van der Waals surface area contributed by atoms with Crippen LogP contribution >= 0.6 is 0 Å². The van der Waals surface area contributed by atoms with Crippen LogP contribution in [0.3, 0.4) is 0 Å². The Bertz CT molecular complexity index is 1070. The smallest absolute Gasteiger partial charge is 0.229 e. The maximum Gasteiger partial charge on any atom is 0.229 e. The van der Waals surface area contributed by atoms with Crippen LogP contribution in [0.2, 0.25) is 0 Å². The molecule has 5 N–H and O–H groups in total. The van der Waals surface area contributed by atoms with E-state index >= 15 is 0 Å². The number of rotatable bonds is 14. The lowest BCUT2D eigenvalue weighted by molar-refractivity contribution is 0.0610. The average molecular weight is 454 g/mol. The van der Waals surface area contributed by atoms with Crippen LogP contribution in [0.15, 0.2) is 72.6 Å². The number of allylic oxidation sites excluding steroid dienone is 3. The fourth-order valence-electron chi connectivity index (χ4n) is 2.71. The zero-order chi connectivity index (χ0) is 24.4. The first-order valence-corrected chi connectivity index (χ1v) is 10.4. The minimum Gasteiger partial charge on any atom is -0.394 e. The molecule has 2 atom stereocenters. The Labute approximate surface area is 193 Å². The molecule has 0 aliphatic rings. The van der Waals surface area contributed by atoms with Gasteiger partial charge in [-0.2, -0.15) is 19.6 Å². The van der Waals surface area contributed by atoms with E-state index in [2.05, 4.69) is 57.0 Å². The molecule has 2 aromatic heterocycles. The van der Waals surface area contributed by atoms with Crippen LogP contribution in [0.25, 0.3) is 5.65 Å². The molecule has 10 nitrogen and oxygen atoms in total. The first-order valence-electron chi connectivity index (χ1n) is 10.4. The summed E-state index contributed by atoms with van der Waals surface area (Å²) in [6.07, 6.45) is 7.83. The molecule has 0 aromatic carbocycles. The molecule has 10 heteroatoms. The number of aliphatic hydroxyl groups is 3. The molecule has 0 spiro atoms. The summed E-state index contributed by atoms with van der Waals surface area (Å²) >= 11 is 0. The molecule has 0 fully saturated rings. The molecule has 0 saturated carbocycles. The van der Waals surface area contributed by atoms with E-state index in [-0.39, 0.29) is 5.95 Å². The molecule has 0 amide bonds. The summed E-state index contributed by atoms with van der Waals surface area (Å²) in [5, 5.41) is 39.0. The maximum absolute atomic E-state index is 9.88. The topological polar surface area (TPSA) is 140 Å². The van der Waals surface area contributed by atoms with Gasteiger partial charge in [-0.15, -0.1) is 0 Å². The van der Waals surface area contributed by atoms with Crippen LogP contribution in [0, 0.1) is 0 Å². The number of nitrogens with zero attached hydrogens (tertiary/aromatic N) is 5. The second-order valence-electron chi connectivity index (χ2n) is 7.17. The quantitative estimate of drug-likeness (QED) is 0.215. The van der Waals surface area contributed by atoms with Gasteiger partial charge in [0.25, 0.3) is 0 Å². The van der Waals surface area contributed by atoms with E-state index in [9.17, 15) is 15.3 Å². The molecule has 0 aliphatic carbocycles. The third kappa shape index (κ3) is 6.94. The minimum absolute atomic E-state index is 0.180. The van der Waals surface area contributed by atoms with E-state index in [0.29, 0.717) is 35.7 Å². The Morgan fingerprint density at radius 3 is 2.58 bits per heavy atom.